The minimum absolute atomic E-state index is 0.0132. The summed E-state index contributed by atoms with van der Waals surface area (Å²) in [5.74, 6) is -0.533. The van der Waals surface area contributed by atoms with Gasteiger partial charge in [-0.1, -0.05) is 12.1 Å². The third-order valence-electron chi connectivity index (χ3n) is 4.70. The Hall–Kier alpha value is -4.46. The van der Waals surface area contributed by atoms with Gasteiger partial charge in [0.05, 0.1) is 17.9 Å². The normalized spacial score (nSPS) is 11.4. The summed E-state index contributed by atoms with van der Waals surface area (Å²) in [5, 5.41) is 13.2. The van der Waals surface area contributed by atoms with Gasteiger partial charge in [-0.3, -0.25) is 4.79 Å². The van der Waals surface area contributed by atoms with Crippen molar-refractivity contribution >= 4 is 34.4 Å². The lowest BCUT2D eigenvalue weighted by Gasteiger charge is -2.07. The summed E-state index contributed by atoms with van der Waals surface area (Å²) in [7, 11) is 0. The summed E-state index contributed by atoms with van der Waals surface area (Å²) >= 11 is 0. The molecule has 0 saturated heterocycles. The number of aryl methyl sites for hydroxylation is 1. The number of phenolic OH excluding ortho intramolecular Hbond substituents is 1. The van der Waals surface area contributed by atoms with Crippen LogP contribution in [0.5, 0.6) is 5.75 Å². The molecule has 0 aliphatic carbocycles. The molecule has 0 atom stereocenters. The maximum atomic E-state index is 13.1. The number of pyridine rings is 1. The fraction of sp³-hybridized carbons (Fsp3) is 0.120. The minimum atomic E-state index is -0.474. The molecule has 2 heterocycles. The van der Waals surface area contributed by atoms with Crippen LogP contribution >= 0.6 is 0 Å². The Bertz CT molecular complexity index is 1430. The summed E-state index contributed by atoms with van der Waals surface area (Å²) in [6, 6.07) is 18.0. The Morgan fingerprint density at radius 2 is 1.91 bits per heavy atom. The molecule has 0 fully saturated rings. The number of aromatic nitrogens is 1. The standard InChI is InChI=1S/C25H21N3O5/c1-3-32-25(31)17-7-5-8-18(12-17)27-24-20(13-16-10-11-19(29)14-21(16)33-24)23(30)28-22-9-4-6-15(2)26-22/h4-14,29H,3H2,1-2H3,(H,26,28,30). The number of carbonyl (C=O) groups excluding carboxylic acids is 2. The first-order valence-corrected chi connectivity index (χ1v) is 10.3. The van der Waals surface area contributed by atoms with Crippen LogP contribution in [0.3, 0.4) is 0 Å². The molecule has 0 bridgehead atoms. The van der Waals surface area contributed by atoms with Crippen LogP contribution in [0.15, 0.2) is 76.1 Å². The molecular weight excluding hydrogens is 422 g/mol. The number of hydrogen-bond acceptors (Lipinski definition) is 7. The van der Waals surface area contributed by atoms with Crippen molar-refractivity contribution in [2.75, 3.05) is 11.9 Å². The lowest BCUT2D eigenvalue weighted by molar-refractivity contribution is 0.0526. The number of phenols is 1. The lowest BCUT2D eigenvalue weighted by atomic mass is 10.1. The molecule has 166 valence electrons. The quantitative estimate of drug-likeness (QED) is 0.439. The van der Waals surface area contributed by atoms with Gasteiger partial charge in [0.25, 0.3) is 5.91 Å². The molecule has 0 unspecified atom stereocenters. The number of rotatable bonds is 5. The highest BCUT2D eigenvalue weighted by Crippen LogP contribution is 2.21. The number of fused-ring (bicyclic) bond motifs is 1. The smallest absolute Gasteiger partial charge is 0.338 e. The Balaban J connectivity index is 1.83. The highest BCUT2D eigenvalue weighted by Gasteiger charge is 2.15. The van der Waals surface area contributed by atoms with Crippen LogP contribution in [0.1, 0.15) is 33.3 Å². The van der Waals surface area contributed by atoms with E-state index in [4.69, 9.17) is 9.15 Å². The van der Waals surface area contributed by atoms with E-state index < -0.39 is 11.9 Å². The number of benzene rings is 2. The largest absolute Gasteiger partial charge is 0.508 e. The first-order valence-electron chi connectivity index (χ1n) is 10.3. The average Bonchev–Trinajstić information content (AvgIpc) is 2.79. The van der Waals surface area contributed by atoms with Crippen LogP contribution in [0, 0.1) is 6.92 Å². The molecule has 0 radical (unpaired) electrons. The number of anilines is 1. The summed E-state index contributed by atoms with van der Waals surface area (Å²) in [5.41, 5.74) is 2.00. The van der Waals surface area contributed by atoms with Crippen LogP contribution in [-0.4, -0.2) is 28.6 Å². The van der Waals surface area contributed by atoms with Gasteiger partial charge in [0.1, 0.15) is 22.7 Å². The molecule has 4 aromatic rings. The maximum absolute atomic E-state index is 13.1. The van der Waals surface area contributed by atoms with Crippen LogP contribution in [0.2, 0.25) is 0 Å². The van der Waals surface area contributed by atoms with Crippen molar-refractivity contribution in [1.29, 1.82) is 0 Å². The zero-order valence-corrected chi connectivity index (χ0v) is 18.0. The molecule has 0 spiro atoms. The highest BCUT2D eigenvalue weighted by atomic mass is 16.5. The van der Waals surface area contributed by atoms with E-state index in [0.29, 0.717) is 28.0 Å². The molecule has 4 rings (SSSR count). The van der Waals surface area contributed by atoms with Gasteiger partial charge in [-0.25, -0.2) is 14.8 Å². The average molecular weight is 443 g/mol. The summed E-state index contributed by atoms with van der Waals surface area (Å²) in [6.07, 6.45) is 0. The van der Waals surface area contributed by atoms with Gasteiger partial charge in [-0.05, 0) is 62.4 Å². The van der Waals surface area contributed by atoms with Crippen molar-refractivity contribution < 1.29 is 23.8 Å². The van der Waals surface area contributed by atoms with E-state index in [1.54, 1.807) is 55.5 Å². The van der Waals surface area contributed by atoms with Crippen molar-refractivity contribution in [2.45, 2.75) is 13.8 Å². The number of aromatic hydroxyl groups is 1. The minimum Gasteiger partial charge on any atom is -0.508 e. The van der Waals surface area contributed by atoms with Crippen LogP contribution in [0.25, 0.3) is 11.0 Å². The molecule has 0 saturated carbocycles. The van der Waals surface area contributed by atoms with Crippen molar-refractivity contribution in [3.8, 4) is 5.75 Å². The van der Waals surface area contributed by atoms with Gasteiger partial charge in [-0.2, -0.15) is 0 Å². The summed E-state index contributed by atoms with van der Waals surface area (Å²) in [4.78, 5) is 34.0. The second-order valence-corrected chi connectivity index (χ2v) is 7.19. The van der Waals surface area contributed by atoms with Gasteiger partial charge in [0.2, 0.25) is 5.55 Å². The van der Waals surface area contributed by atoms with E-state index in [1.807, 2.05) is 13.0 Å². The molecule has 8 heteroatoms. The predicted molar refractivity (Wildman–Crippen MR) is 122 cm³/mol. The van der Waals surface area contributed by atoms with Crippen molar-refractivity contribution in [3.05, 3.63) is 89.1 Å². The number of hydrogen-bond donors (Lipinski definition) is 2. The van der Waals surface area contributed by atoms with Gasteiger partial charge >= 0.3 is 5.97 Å². The topological polar surface area (TPSA) is 114 Å². The van der Waals surface area contributed by atoms with Crippen LogP contribution in [0.4, 0.5) is 11.5 Å². The van der Waals surface area contributed by atoms with E-state index in [9.17, 15) is 14.7 Å². The first kappa shape index (κ1) is 21.8. The summed E-state index contributed by atoms with van der Waals surface area (Å²) in [6.45, 7) is 3.80. The van der Waals surface area contributed by atoms with E-state index in [1.165, 1.54) is 12.1 Å². The monoisotopic (exact) mass is 443 g/mol. The molecule has 33 heavy (non-hydrogen) atoms. The Kier molecular flexibility index (Phi) is 6.17. The first-order chi connectivity index (χ1) is 15.9. The highest BCUT2D eigenvalue weighted by molar-refractivity contribution is 6.05. The van der Waals surface area contributed by atoms with E-state index >= 15 is 0 Å². The van der Waals surface area contributed by atoms with Crippen molar-refractivity contribution in [2.24, 2.45) is 4.99 Å². The fourth-order valence-electron chi connectivity index (χ4n) is 3.18. The molecule has 2 aromatic heterocycles. The van der Waals surface area contributed by atoms with Crippen molar-refractivity contribution in [3.63, 3.8) is 0 Å². The second kappa shape index (κ2) is 9.35. The van der Waals surface area contributed by atoms with Gasteiger partial charge in [0.15, 0.2) is 0 Å². The second-order valence-electron chi connectivity index (χ2n) is 7.19. The Morgan fingerprint density at radius 1 is 1.09 bits per heavy atom. The van der Waals surface area contributed by atoms with E-state index in [-0.39, 0.29) is 23.5 Å². The number of esters is 1. The fourth-order valence-corrected chi connectivity index (χ4v) is 3.18. The Morgan fingerprint density at radius 3 is 2.70 bits per heavy atom. The number of nitrogens with zero attached hydrogens (tertiary/aromatic N) is 2. The molecule has 0 aliphatic heterocycles. The molecular formula is C25H21N3O5. The number of ether oxygens (including phenoxy) is 1. The molecule has 8 nitrogen and oxygen atoms in total. The zero-order valence-electron chi connectivity index (χ0n) is 18.0. The third kappa shape index (κ3) is 5.07. The van der Waals surface area contributed by atoms with Crippen molar-refractivity contribution in [1.82, 2.24) is 4.98 Å². The molecule has 2 N–H and O–H groups in total. The summed E-state index contributed by atoms with van der Waals surface area (Å²) < 4.78 is 10.9. The SMILES string of the molecule is CCOC(=O)c1cccc(N=c2oc3cc(O)ccc3cc2C(=O)Nc2cccc(C)n2)c1. The Labute approximate surface area is 189 Å². The number of amides is 1. The molecule has 1 amide bonds. The third-order valence-corrected chi connectivity index (χ3v) is 4.70. The van der Waals surface area contributed by atoms with E-state index in [2.05, 4.69) is 15.3 Å². The van der Waals surface area contributed by atoms with Gasteiger partial charge in [-0.15, -0.1) is 0 Å². The number of carbonyl (C=O) groups is 2. The number of nitrogens with one attached hydrogen (secondary N) is 1. The van der Waals surface area contributed by atoms with Gasteiger partial charge < -0.3 is 19.6 Å². The lowest BCUT2D eigenvalue weighted by Crippen LogP contribution is -2.22. The van der Waals surface area contributed by atoms with Gasteiger partial charge in [0, 0.05) is 17.1 Å². The molecule has 2 aromatic carbocycles. The van der Waals surface area contributed by atoms with Crippen LogP contribution < -0.4 is 10.9 Å². The van der Waals surface area contributed by atoms with Crippen LogP contribution in [-0.2, 0) is 4.74 Å². The van der Waals surface area contributed by atoms with E-state index in [0.717, 1.165) is 5.69 Å². The zero-order chi connectivity index (χ0) is 23.4. The predicted octanol–water partition coefficient (Wildman–Crippen LogP) is 4.50. The maximum Gasteiger partial charge on any atom is 0.338 e. The molecule has 0 aliphatic rings.